The quantitative estimate of drug-likeness (QED) is 0.312. The molecule has 1 aromatic carbocycles. The number of carbonyl (C=O) groups is 1. The van der Waals surface area contributed by atoms with Crippen LogP contribution in [0.25, 0.3) is 0 Å². The fourth-order valence-electron chi connectivity index (χ4n) is 1.87. The molecular weight excluding hydrogens is 336 g/mol. The first-order valence-corrected chi connectivity index (χ1v) is 8.70. The highest BCUT2D eigenvalue weighted by Gasteiger charge is 2.10. The van der Waals surface area contributed by atoms with Crippen LogP contribution in [0.2, 0.25) is 0 Å². The molecule has 0 aliphatic heterocycles. The predicted octanol–water partition coefficient (Wildman–Crippen LogP) is 1.61. The number of guanidine groups is 1. The van der Waals surface area contributed by atoms with E-state index in [0.717, 1.165) is 29.7 Å². The van der Waals surface area contributed by atoms with Gasteiger partial charge in [0.25, 0.3) is 0 Å². The third-order valence-electron chi connectivity index (χ3n) is 2.81. The summed E-state index contributed by atoms with van der Waals surface area (Å²) in [6, 6.07) is 5.68. The first-order chi connectivity index (χ1) is 11.1. The molecule has 0 atom stereocenters. The molecule has 6 N–H and O–H groups in total. The molecule has 0 radical (unpaired) electrons. The van der Waals surface area contributed by atoms with Gasteiger partial charge in [0.1, 0.15) is 0 Å². The van der Waals surface area contributed by atoms with E-state index in [9.17, 15) is 4.79 Å². The maximum absolute atomic E-state index is 11.9. The lowest BCUT2D eigenvalue weighted by molar-refractivity contribution is 0.256. The second-order valence-corrected chi connectivity index (χ2v) is 5.44. The van der Waals surface area contributed by atoms with Crippen molar-refractivity contribution in [2.75, 3.05) is 11.9 Å². The van der Waals surface area contributed by atoms with Gasteiger partial charge in [-0.15, -0.1) is 0 Å². The van der Waals surface area contributed by atoms with Gasteiger partial charge in [-0.3, -0.25) is 19.4 Å². The van der Waals surface area contributed by atoms with Crippen molar-refractivity contribution in [2.45, 2.75) is 33.6 Å². The van der Waals surface area contributed by atoms with Crippen molar-refractivity contribution in [3.05, 3.63) is 29.3 Å². The van der Waals surface area contributed by atoms with Crippen LogP contribution in [0.3, 0.4) is 0 Å². The van der Waals surface area contributed by atoms with Crippen molar-refractivity contribution < 1.29 is 22.3 Å². The molecule has 0 saturated carbocycles. The Morgan fingerprint density at radius 2 is 1.62 bits per heavy atom. The molecule has 0 fully saturated rings. The summed E-state index contributed by atoms with van der Waals surface area (Å²) in [5, 5.41) is 5.37. The van der Waals surface area contributed by atoms with Crippen LogP contribution in [0.4, 0.5) is 10.5 Å². The Morgan fingerprint density at radius 3 is 2.00 bits per heavy atom. The zero-order valence-corrected chi connectivity index (χ0v) is 14.7. The van der Waals surface area contributed by atoms with Crippen molar-refractivity contribution in [1.29, 1.82) is 0 Å². The summed E-state index contributed by atoms with van der Waals surface area (Å²) in [6.07, 6.45) is 1.73. The number of nitrogens with zero attached hydrogens (tertiary/aromatic N) is 1. The maximum Gasteiger partial charge on any atom is 0.394 e. The number of hydrogen-bond donors (Lipinski definition) is 5. The van der Waals surface area contributed by atoms with E-state index >= 15 is 0 Å². The number of carbonyl (C=O) groups excluding carboxylic acids is 1. The summed E-state index contributed by atoms with van der Waals surface area (Å²) >= 11 is 0. The van der Waals surface area contributed by atoms with Crippen molar-refractivity contribution in [3.8, 4) is 0 Å². The number of para-hydroxylation sites is 1. The van der Waals surface area contributed by atoms with E-state index in [1.54, 1.807) is 0 Å². The van der Waals surface area contributed by atoms with Crippen LogP contribution in [-0.4, -0.2) is 36.1 Å². The number of nitrogens with two attached hydrogens (primary N) is 1. The van der Waals surface area contributed by atoms with Gasteiger partial charge in [-0.1, -0.05) is 32.0 Å². The molecule has 0 unspecified atom stereocenters. The molecule has 2 amide bonds. The molecule has 136 valence electrons. The third kappa shape index (κ3) is 9.77. The molecule has 0 spiro atoms. The van der Waals surface area contributed by atoms with Gasteiger partial charge in [0.2, 0.25) is 0 Å². The van der Waals surface area contributed by atoms with Crippen LogP contribution in [0.5, 0.6) is 0 Å². The van der Waals surface area contributed by atoms with E-state index in [4.69, 9.17) is 23.3 Å². The molecule has 0 heterocycles. The van der Waals surface area contributed by atoms with Gasteiger partial charge in [0, 0.05) is 12.2 Å². The molecule has 1 aromatic rings. The summed E-state index contributed by atoms with van der Waals surface area (Å²) < 4.78 is 31.6. The summed E-state index contributed by atoms with van der Waals surface area (Å²) in [6.45, 7) is 6.52. The van der Waals surface area contributed by atoms with Gasteiger partial charge in [0.05, 0.1) is 0 Å². The highest BCUT2D eigenvalue weighted by molar-refractivity contribution is 7.79. The lowest BCUT2D eigenvalue weighted by atomic mass is 10.0. The van der Waals surface area contributed by atoms with E-state index in [1.807, 2.05) is 25.1 Å². The monoisotopic (exact) mass is 360 g/mol. The molecule has 9 nitrogen and oxygen atoms in total. The van der Waals surface area contributed by atoms with E-state index in [2.05, 4.69) is 29.5 Å². The lowest BCUT2D eigenvalue weighted by Crippen LogP contribution is -2.40. The summed E-state index contributed by atoms with van der Waals surface area (Å²) in [7, 11) is -4.67. The fraction of sp³-hybridized carbons (Fsp3) is 0.429. The van der Waals surface area contributed by atoms with Gasteiger partial charge in [-0.25, -0.2) is 4.79 Å². The molecule has 24 heavy (non-hydrogen) atoms. The molecule has 0 aliphatic rings. The van der Waals surface area contributed by atoms with Crippen LogP contribution >= 0.6 is 0 Å². The fourth-order valence-corrected chi connectivity index (χ4v) is 1.87. The molecule has 0 aromatic heterocycles. The van der Waals surface area contributed by atoms with Crippen LogP contribution in [0.15, 0.2) is 23.2 Å². The number of urea groups is 1. The van der Waals surface area contributed by atoms with E-state index < -0.39 is 10.4 Å². The third-order valence-corrected chi connectivity index (χ3v) is 2.81. The lowest BCUT2D eigenvalue weighted by Gasteiger charge is -2.14. The van der Waals surface area contributed by atoms with E-state index in [-0.39, 0.29) is 12.0 Å². The highest BCUT2D eigenvalue weighted by Crippen LogP contribution is 2.22. The van der Waals surface area contributed by atoms with Gasteiger partial charge in [-0.05, 0) is 30.9 Å². The van der Waals surface area contributed by atoms with Gasteiger partial charge in [-0.2, -0.15) is 8.42 Å². The Kier molecular flexibility index (Phi) is 9.62. The molecular formula is C14H24N4O5S. The van der Waals surface area contributed by atoms with Crippen LogP contribution in [0.1, 0.15) is 31.9 Å². The molecule has 10 heteroatoms. The van der Waals surface area contributed by atoms with Crippen molar-refractivity contribution in [3.63, 3.8) is 0 Å². The standard InChI is InChI=1S/C14H22N4O.H2O4S/c1-4-10-8-7-9-11(5-2)12(10)17-14(19)18-13(15)16-6-3;1-5(2,3)4/h7-9H,4-6H2,1-3H3,(H4,15,16,17,18,19);(H2,1,2,3,4). The van der Waals surface area contributed by atoms with Crippen LogP contribution in [-0.2, 0) is 23.2 Å². The topological polar surface area (TPSA) is 154 Å². The van der Waals surface area contributed by atoms with Crippen molar-refractivity contribution in [2.24, 2.45) is 10.7 Å². The maximum atomic E-state index is 11.9. The summed E-state index contributed by atoms with van der Waals surface area (Å²) in [5.74, 6) is 0.132. The normalized spacial score (nSPS) is 11.3. The minimum Gasteiger partial charge on any atom is -0.370 e. The average molecular weight is 360 g/mol. The van der Waals surface area contributed by atoms with E-state index in [0.29, 0.717) is 6.54 Å². The number of anilines is 1. The van der Waals surface area contributed by atoms with Gasteiger partial charge < -0.3 is 11.1 Å². The second kappa shape index (κ2) is 10.6. The van der Waals surface area contributed by atoms with Gasteiger partial charge in [0.15, 0.2) is 5.96 Å². The summed E-state index contributed by atoms with van der Waals surface area (Å²) in [5.41, 5.74) is 8.65. The number of amides is 2. The Labute approximate surface area is 141 Å². The van der Waals surface area contributed by atoms with Crippen LogP contribution < -0.4 is 16.4 Å². The number of aliphatic imine (C=N–C) groups is 1. The zero-order chi connectivity index (χ0) is 18.8. The molecule has 1 rings (SSSR count). The Hall–Kier alpha value is -2.17. The number of nitrogens with one attached hydrogen (secondary N) is 2. The number of hydrogen-bond acceptors (Lipinski definition) is 4. The second-order valence-electron chi connectivity index (χ2n) is 4.54. The predicted molar refractivity (Wildman–Crippen MR) is 93.7 cm³/mol. The van der Waals surface area contributed by atoms with Crippen LogP contribution in [0, 0.1) is 0 Å². The molecule has 0 aliphatic carbocycles. The highest BCUT2D eigenvalue weighted by atomic mass is 32.3. The first-order valence-electron chi connectivity index (χ1n) is 7.30. The minimum atomic E-state index is -4.67. The number of aryl methyl sites for hydroxylation is 2. The molecule has 0 bridgehead atoms. The smallest absolute Gasteiger partial charge is 0.370 e. The van der Waals surface area contributed by atoms with Crippen molar-refractivity contribution >= 4 is 28.1 Å². The number of rotatable bonds is 4. The zero-order valence-electron chi connectivity index (χ0n) is 13.9. The average Bonchev–Trinajstić information content (AvgIpc) is 2.45. The first kappa shape index (κ1) is 21.8. The minimum absolute atomic E-state index is 0.132. The summed E-state index contributed by atoms with van der Waals surface area (Å²) in [4.78, 5) is 15.8. The Balaban J connectivity index is 0.000000922. The SMILES string of the molecule is CCN=C(N)NC(=O)Nc1c(CC)cccc1CC.O=S(=O)(O)O. The van der Waals surface area contributed by atoms with Crippen molar-refractivity contribution in [1.82, 2.24) is 5.32 Å². The van der Waals surface area contributed by atoms with Gasteiger partial charge >= 0.3 is 16.4 Å². The molecule has 0 saturated heterocycles. The Bertz CT molecular complexity index is 643. The Morgan fingerprint density at radius 1 is 1.17 bits per heavy atom. The van der Waals surface area contributed by atoms with E-state index in [1.165, 1.54) is 0 Å². The number of benzene rings is 1. The largest absolute Gasteiger partial charge is 0.394 e.